The largest absolute Gasteiger partial charge is 0.356 e. The fourth-order valence-corrected chi connectivity index (χ4v) is 3.22. The summed E-state index contributed by atoms with van der Waals surface area (Å²) >= 11 is 1.69. The molecule has 1 heterocycles. The molecule has 0 aliphatic heterocycles. The van der Waals surface area contributed by atoms with E-state index in [0.717, 1.165) is 36.2 Å². The molecule has 1 N–H and O–H groups in total. The molecule has 5 heteroatoms. The monoisotopic (exact) mass is 330 g/mol. The maximum atomic E-state index is 4.51. The Morgan fingerprint density at radius 1 is 1.30 bits per heavy atom. The van der Waals surface area contributed by atoms with Crippen molar-refractivity contribution in [3.63, 3.8) is 0 Å². The molecular weight excluding hydrogens is 304 g/mol. The first-order valence-electron chi connectivity index (χ1n) is 7.88. The van der Waals surface area contributed by atoms with E-state index in [-0.39, 0.29) is 0 Å². The van der Waals surface area contributed by atoms with Crippen molar-refractivity contribution >= 4 is 17.3 Å². The maximum Gasteiger partial charge on any atom is 0.193 e. The molecule has 0 spiro atoms. The molecule has 0 fully saturated rings. The predicted molar refractivity (Wildman–Crippen MR) is 99.3 cm³/mol. The summed E-state index contributed by atoms with van der Waals surface area (Å²) in [5.41, 5.74) is 5.14. The summed E-state index contributed by atoms with van der Waals surface area (Å²) < 4.78 is 0. The van der Waals surface area contributed by atoms with Crippen LogP contribution in [0.1, 0.15) is 27.4 Å². The van der Waals surface area contributed by atoms with E-state index in [2.05, 4.69) is 57.6 Å². The lowest BCUT2D eigenvalue weighted by Crippen LogP contribution is -2.39. The van der Waals surface area contributed by atoms with E-state index < -0.39 is 0 Å². The van der Waals surface area contributed by atoms with Gasteiger partial charge in [0.25, 0.3) is 0 Å². The van der Waals surface area contributed by atoms with Gasteiger partial charge in [0, 0.05) is 26.0 Å². The van der Waals surface area contributed by atoms with Gasteiger partial charge in [0.1, 0.15) is 0 Å². The second kappa shape index (κ2) is 8.11. The van der Waals surface area contributed by atoms with Crippen molar-refractivity contribution in [2.75, 3.05) is 20.6 Å². The second-order valence-electron chi connectivity index (χ2n) is 5.87. The van der Waals surface area contributed by atoms with Crippen LogP contribution in [0.5, 0.6) is 0 Å². The third-order valence-corrected chi connectivity index (χ3v) is 4.64. The molecule has 0 saturated heterocycles. The molecule has 0 aliphatic rings. The Morgan fingerprint density at radius 2 is 2.09 bits per heavy atom. The van der Waals surface area contributed by atoms with Crippen LogP contribution < -0.4 is 5.32 Å². The van der Waals surface area contributed by atoms with Crippen LogP contribution in [0, 0.1) is 20.8 Å². The Hall–Kier alpha value is -1.88. The standard InChI is InChI=1S/C18H26N4S/c1-13-6-7-16(14(2)10-13)8-9-20-18(19-4)22(5)11-17-12-23-15(3)21-17/h6-7,10,12H,8-9,11H2,1-5H3,(H,19,20). The molecule has 1 aromatic carbocycles. The summed E-state index contributed by atoms with van der Waals surface area (Å²) in [7, 11) is 3.86. The molecule has 0 saturated carbocycles. The third-order valence-electron chi connectivity index (χ3n) is 3.81. The molecule has 1 aromatic heterocycles. The van der Waals surface area contributed by atoms with Crippen LogP contribution >= 0.6 is 11.3 Å². The van der Waals surface area contributed by atoms with E-state index in [0.29, 0.717) is 0 Å². The summed E-state index contributed by atoms with van der Waals surface area (Å²) in [5.74, 6) is 0.903. The van der Waals surface area contributed by atoms with Gasteiger partial charge in [-0.15, -0.1) is 11.3 Å². The number of thiazole rings is 1. The number of hydrogen-bond donors (Lipinski definition) is 1. The Balaban J connectivity index is 1.87. The highest BCUT2D eigenvalue weighted by Gasteiger charge is 2.08. The van der Waals surface area contributed by atoms with E-state index in [1.807, 2.05) is 21.0 Å². The second-order valence-corrected chi connectivity index (χ2v) is 6.93. The maximum absolute atomic E-state index is 4.51. The first kappa shape index (κ1) is 17.5. The highest BCUT2D eigenvalue weighted by Crippen LogP contribution is 2.11. The van der Waals surface area contributed by atoms with Gasteiger partial charge in [-0.3, -0.25) is 4.99 Å². The number of guanidine groups is 1. The number of aromatic nitrogens is 1. The van der Waals surface area contributed by atoms with Gasteiger partial charge in [-0.25, -0.2) is 4.98 Å². The molecule has 0 atom stereocenters. The number of nitrogens with zero attached hydrogens (tertiary/aromatic N) is 3. The predicted octanol–water partition coefficient (Wildman–Crippen LogP) is 3.32. The minimum Gasteiger partial charge on any atom is -0.356 e. The summed E-state index contributed by atoms with van der Waals surface area (Å²) in [5, 5.41) is 6.65. The number of benzene rings is 1. The van der Waals surface area contributed by atoms with Crippen LogP contribution in [0.25, 0.3) is 0 Å². The number of rotatable bonds is 5. The Morgan fingerprint density at radius 3 is 2.70 bits per heavy atom. The van der Waals surface area contributed by atoms with Gasteiger partial charge in [0.2, 0.25) is 0 Å². The van der Waals surface area contributed by atoms with Crippen molar-refractivity contribution in [1.29, 1.82) is 0 Å². The fraction of sp³-hybridized carbons (Fsp3) is 0.444. The van der Waals surface area contributed by atoms with E-state index in [9.17, 15) is 0 Å². The van der Waals surface area contributed by atoms with Crippen LogP contribution in [0.4, 0.5) is 0 Å². The van der Waals surface area contributed by atoms with Crippen molar-refractivity contribution in [2.24, 2.45) is 4.99 Å². The number of nitrogens with one attached hydrogen (secondary N) is 1. The van der Waals surface area contributed by atoms with Crippen molar-refractivity contribution in [3.8, 4) is 0 Å². The van der Waals surface area contributed by atoms with Gasteiger partial charge >= 0.3 is 0 Å². The Labute approximate surface area is 143 Å². The van der Waals surface area contributed by atoms with Gasteiger partial charge in [0.15, 0.2) is 5.96 Å². The zero-order valence-corrected chi connectivity index (χ0v) is 15.5. The summed E-state index contributed by atoms with van der Waals surface area (Å²) in [6.07, 6.45) is 0.995. The van der Waals surface area contributed by atoms with Crippen molar-refractivity contribution < 1.29 is 0 Å². The zero-order chi connectivity index (χ0) is 16.8. The highest BCUT2D eigenvalue weighted by molar-refractivity contribution is 7.09. The average Bonchev–Trinajstić information content (AvgIpc) is 2.90. The van der Waals surface area contributed by atoms with E-state index in [1.54, 1.807) is 11.3 Å². The third kappa shape index (κ3) is 5.06. The van der Waals surface area contributed by atoms with E-state index >= 15 is 0 Å². The fourth-order valence-electron chi connectivity index (χ4n) is 2.62. The van der Waals surface area contributed by atoms with Gasteiger partial charge in [0.05, 0.1) is 17.2 Å². The molecule has 23 heavy (non-hydrogen) atoms. The van der Waals surface area contributed by atoms with E-state index in [4.69, 9.17) is 0 Å². The van der Waals surface area contributed by atoms with Gasteiger partial charge in [-0.2, -0.15) is 0 Å². The highest BCUT2D eigenvalue weighted by atomic mass is 32.1. The van der Waals surface area contributed by atoms with Crippen molar-refractivity contribution in [1.82, 2.24) is 15.2 Å². The summed E-state index contributed by atoms with van der Waals surface area (Å²) in [4.78, 5) is 11.0. The van der Waals surface area contributed by atoms with Crippen molar-refractivity contribution in [2.45, 2.75) is 33.7 Å². The van der Waals surface area contributed by atoms with Crippen LogP contribution in [0.15, 0.2) is 28.6 Å². The first-order valence-corrected chi connectivity index (χ1v) is 8.76. The van der Waals surface area contributed by atoms with Crippen LogP contribution in [-0.2, 0) is 13.0 Å². The smallest absolute Gasteiger partial charge is 0.193 e. The number of aliphatic imine (C=N–C) groups is 1. The van der Waals surface area contributed by atoms with Crippen LogP contribution in [-0.4, -0.2) is 36.5 Å². The summed E-state index contributed by atoms with van der Waals surface area (Å²) in [6, 6.07) is 6.63. The van der Waals surface area contributed by atoms with Crippen molar-refractivity contribution in [3.05, 3.63) is 51.0 Å². The molecule has 0 amide bonds. The van der Waals surface area contributed by atoms with Gasteiger partial charge < -0.3 is 10.2 Å². The minimum atomic E-state index is 0.771. The van der Waals surface area contributed by atoms with Gasteiger partial charge in [-0.1, -0.05) is 23.8 Å². The molecule has 2 rings (SSSR count). The molecule has 0 aliphatic carbocycles. The molecule has 124 valence electrons. The molecule has 4 nitrogen and oxygen atoms in total. The van der Waals surface area contributed by atoms with Crippen LogP contribution in [0.2, 0.25) is 0 Å². The Kier molecular flexibility index (Phi) is 6.16. The SMILES string of the molecule is CN=C(NCCc1ccc(C)cc1C)N(C)Cc1csc(C)n1. The minimum absolute atomic E-state index is 0.771. The average molecular weight is 331 g/mol. The summed E-state index contributed by atoms with van der Waals surface area (Å²) in [6.45, 7) is 7.98. The lowest BCUT2D eigenvalue weighted by Gasteiger charge is -2.21. The quantitative estimate of drug-likeness (QED) is 0.675. The van der Waals surface area contributed by atoms with Gasteiger partial charge in [-0.05, 0) is 38.3 Å². The van der Waals surface area contributed by atoms with E-state index in [1.165, 1.54) is 16.7 Å². The molecule has 0 bridgehead atoms. The molecule has 0 radical (unpaired) electrons. The first-order chi connectivity index (χ1) is 11.0. The van der Waals surface area contributed by atoms with Crippen LogP contribution in [0.3, 0.4) is 0 Å². The Bertz CT molecular complexity index is 675. The molecule has 0 unspecified atom stereocenters. The molecular formula is C18H26N4S. The number of aryl methyl sites for hydroxylation is 3. The molecule has 2 aromatic rings. The number of hydrogen-bond acceptors (Lipinski definition) is 3. The normalized spacial score (nSPS) is 11.6. The lowest BCUT2D eigenvalue weighted by atomic mass is 10.0. The zero-order valence-electron chi connectivity index (χ0n) is 14.7. The topological polar surface area (TPSA) is 40.5 Å². The lowest BCUT2D eigenvalue weighted by molar-refractivity contribution is 0.471.